The lowest BCUT2D eigenvalue weighted by Gasteiger charge is -2.08. The molecule has 0 aromatic heterocycles. The quantitative estimate of drug-likeness (QED) is 0.400. The van der Waals surface area contributed by atoms with Gasteiger partial charge in [-0.2, -0.15) is 0 Å². The van der Waals surface area contributed by atoms with E-state index in [0.29, 0.717) is 0 Å². The van der Waals surface area contributed by atoms with Crippen LogP contribution in [0, 0.1) is 6.92 Å². The van der Waals surface area contributed by atoms with E-state index >= 15 is 0 Å². The number of anilines is 1. The van der Waals surface area contributed by atoms with Crippen LogP contribution in [0.15, 0.2) is 48.5 Å². The molecule has 3 N–H and O–H groups in total. The van der Waals surface area contributed by atoms with Gasteiger partial charge in [-0.05, 0) is 37.0 Å². The lowest BCUT2D eigenvalue weighted by molar-refractivity contribution is 0.679. The molecular formula is C13H15NOS. The molecule has 3 heteroatoms. The Bertz CT molecular complexity index is 423. The number of hydrogen-bond donors (Lipinski definition) is 3. The summed E-state index contributed by atoms with van der Waals surface area (Å²) in [5.41, 5.74) is 10.3. The zero-order valence-corrected chi connectivity index (χ0v) is 9.99. The summed E-state index contributed by atoms with van der Waals surface area (Å²) in [5, 5.41) is 0. The Balaban J connectivity index is 0.000000606. The van der Waals surface area contributed by atoms with Gasteiger partial charge in [0.2, 0.25) is 0 Å². The molecule has 84 valence electrons. The molecular weight excluding hydrogens is 218 g/mol. The summed E-state index contributed by atoms with van der Waals surface area (Å²) in [4.78, 5) is 0. The summed E-state index contributed by atoms with van der Waals surface area (Å²) >= 11 is 2.53. The minimum Gasteiger partial charge on any atom is -0.398 e. The molecule has 0 saturated heterocycles. The Morgan fingerprint density at radius 2 is 1.56 bits per heavy atom. The molecule has 0 saturated carbocycles. The molecule has 0 amide bonds. The highest BCUT2D eigenvalue weighted by Gasteiger charge is 2.03. The van der Waals surface area contributed by atoms with Crippen molar-refractivity contribution in [3.8, 4) is 11.1 Å². The Morgan fingerprint density at radius 1 is 0.938 bits per heavy atom. The van der Waals surface area contributed by atoms with Crippen LogP contribution < -0.4 is 5.73 Å². The molecule has 0 bridgehead atoms. The van der Waals surface area contributed by atoms with Gasteiger partial charge in [0.25, 0.3) is 0 Å². The van der Waals surface area contributed by atoms with Gasteiger partial charge in [0.05, 0.1) is 0 Å². The van der Waals surface area contributed by atoms with Gasteiger partial charge in [-0.25, -0.2) is 0 Å². The van der Waals surface area contributed by atoms with E-state index in [2.05, 4.69) is 38.0 Å². The summed E-state index contributed by atoms with van der Waals surface area (Å²) in [7, 11) is 0. The predicted octanol–water partition coefficient (Wildman–Crippen LogP) is 3.63. The molecule has 2 rings (SSSR count). The number of nitrogens with two attached hydrogens (primary N) is 1. The van der Waals surface area contributed by atoms with Gasteiger partial charge >= 0.3 is 0 Å². The van der Waals surface area contributed by atoms with E-state index in [1.54, 1.807) is 0 Å². The fourth-order valence-electron chi connectivity index (χ4n) is 1.69. The fourth-order valence-corrected chi connectivity index (χ4v) is 1.69. The first-order valence-electron chi connectivity index (χ1n) is 4.89. The van der Waals surface area contributed by atoms with E-state index in [1.165, 1.54) is 11.1 Å². The van der Waals surface area contributed by atoms with Crippen LogP contribution >= 0.6 is 12.9 Å². The number of rotatable bonds is 1. The minimum atomic E-state index is 0.844. The molecule has 16 heavy (non-hydrogen) atoms. The predicted molar refractivity (Wildman–Crippen MR) is 72.6 cm³/mol. The second kappa shape index (κ2) is 6.20. The normalized spacial score (nSPS) is 9.19. The lowest BCUT2D eigenvalue weighted by atomic mass is 9.99. The van der Waals surface area contributed by atoms with Crippen LogP contribution in [0.1, 0.15) is 5.56 Å². The summed E-state index contributed by atoms with van der Waals surface area (Å²) in [6.45, 7) is 2.08. The Hall–Kier alpha value is -1.45. The van der Waals surface area contributed by atoms with Crippen molar-refractivity contribution in [2.45, 2.75) is 6.92 Å². The first kappa shape index (κ1) is 12.6. The second-order valence-electron chi connectivity index (χ2n) is 3.41. The molecule has 0 aliphatic rings. The second-order valence-corrected chi connectivity index (χ2v) is 3.41. The van der Waals surface area contributed by atoms with Crippen molar-refractivity contribution in [1.29, 1.82) is 0 Å². The standard InChI is InChI=1S/C13H13N.H2OS/c1-10-6-5-9-12(14)13(10)11-7-3-2-4-8-11;1-2/h2-9H,14H2,1H3;1-2H. The van der Waals surface area contributed by atoms with Crippen LogP contribution in [0.3, 0.4) is 0 Å². The van der Waals surface area contributed by atoms with Crippen LogP contribution in [0.25, 0.3) is 11.1 Å². The summed E-state index contributed by atoms with van der Waals surface area (Å²) in [6, 6.07) is 16.2. The number of aryl methyl sites for hydroxylation is 1. The van der Waals surface area contributed by atoms with Crippen LogP contribution in [-0.2, 0) is 0 Å². The van der Waals surface area contributed by atoms with Crippen LogP contribution in [0.5, 0.6) is 0 Å². The maximum Gasteiger partial charge on any atom is 0.0396 e. The SMILES string of the molecule is Cc1cccc(N)c1-c1ccccc1.OS. The molecule has 0 aliphatic heterocycles. The van der Waals surface area contributed by atoms with Crippen molar-refractivity contribution in [1.82, 2.24) is 0 Å². The Kier molecular flexibility index (Phi) is 4.89. The molecule has 2 nitrogen and oxygen atoms in total. The fraction of sp³-hybridized carbons (Fsp3) is 0.0769. The number of benzene rings is 2. The smallest absolute Gasteiger partial charge is 0.0396 e. The van der Waals surface area contributed by atoms with E-state index in [4.69, 9.17) is 10.3 Å². The Morgan fingerprint density at radius 3 is 2.12 bits per heavy atom. The van der Waals surface area contributed by atoms with E-state index < -0.39 is 0 Å². The van der Waals surface area contributed by atoms with Crippen molar-refractivity contribution in [2.24, 2.45) is 0 Å². The van der Waals surface area contributed by atoms with Gasteiger partial charge in [0.1, 0.15) is 0 Å². The zero-order chi connectivity index (χ0) is 12.0. The monoisotopic (exact) mass is 233 g/mol. The lowest BCUT2D eigenvalue weighted by Crippen LogP contribution is -1.92. The topological polar surface area (TPSA) is 46.2 Å². The largest absolute Gasteiger partial charge is 0.398 e. The minimum absolute atomic E-state index is 0.844. The third-order valence-electron chi connectivity index (χ3n) is 2.37. The van der Waals surface area contributed by atoms with Gasteiger partial charge in [0, 0.05) is 11.3 Å². The Labute approximate surface area is 101 Å². The molecule has 0 heterocycles. The van der Waals surface area contributed by atoms with Crippen molar-refractivity contribution in [3.63, 3.8) is 0 Å². The van der Waals surface area contributed by atoms with Crippen molar-refractivity contribution in [3.05, 3.63) is 54.1 Å². The summed E-state index contributed by atoms with van der Waals surface area (Å²) < 4.78 is 6.69. The molecule has 0 atom stereocenters. The zero-order valence-electron chi connectivity index (χ0n) is 9.09. The van der Waals surface area contributed by atoms with Gasteiger partial charge in [-0.3, -0.25) is 0 Å². The highest BCUT2D eigenvalue weighted by atomic mass is 32.1. The summed E-state index contributed by atoms with van der Waals surface area (Å²) in [6.07, 6.45) is 0. The first-order chi connectivity index (χ1) is 7.79. The molecule has 0 aliphatic carbocycles. The average Bonchev–Trinajstić information content (AvgIpc) is 2.33. The van der Waals surface area contributed by atoms with Gasteiger partial charge in [-0.15, -0.1) is 0 Å². The molecule has 0 unspecified atom stereocenters. The van der Waals surface area contributed by atoms with Crippen molar-refractivity contribution in [2.75, 3.05) is 5.73 Å². The molecule has 0 radical (unpaired) electrons. The van der Waals surface area contributed by atoms with E-state index in [9.17, 15) is 0 Å². The molecule has 2 aromatic carbocycles. The van der Waals surface area contributed by atoms with Crippen molar-refractivity contribution >= 4 is 18.6 Å². The van der Waals surface area contributed by atoms with E-state index in [1.807, 2.05) is 30.3 Å². The van der Waals surface area contributed by atoms with Gasteiger partial charge in [-0.1, -0.05) is 42.5 Å². The maximum atomic E-state index is 6.69. The first-order valence-corrected chi connectivity index (χ1v) is 5.29. The van der Waals surface area contributed by atoms with Crippen molar-refractivity contribution < 1.29 is 4.55 Å². The number of nitrogen functional groups attached to an aromatic ring is 1. The molecule has 2 aromatic rings. The third-order valence-corrected chi connectivity index (χ3v) is 2.37. The van der Waals surface area contributed by atoms with E-state index in [0.717, 1.165) is 11.3 Å². The van der Waals surface area contributed by atoms with Crippen LogP contribution in [0.2, 0.25) is 0 Å². The van der Waals surface area contributed by atoms with Crippen LogP contribution in [0.4, 0.5) is 5.69 Å². The van der Waals surface area contributed by atoms with Gasteiger partial charge in [0.15, 0.2) is 0 Å². The number of thiol groups is 1. The number of hydrogen-bond acceptors (Lipinski definition) is 3. The third kappa shape index (κ3) is 2.78. The average molecular weight is 233 g/mol. The highest BCUT2D eigenvalue weighted by molar-refractivity contribution is 7.74. The van der Waals surface area contributed by atoms with Crippen LogP contribution in [-0.4, -0.2) is 4.55 Å². The highest BCUT2D eigenvalue weighted by Crippen LogP contribution is 2.28. The molecule has 0 spiro atoms. The summed E-state index contributed by atoms with van der Waals surface area (Å²) in [5.74, 6) is 0. The van der Waals surface area contributed by atoms with Gasteiger partial charge < -0.3 is 10.3 Å². The van der Waals surface area contributed by atoms with E-state index in [-0.39, 0.29) is 0 Å². The maximum absolute atomic E-state index is 6.69. The molecule has 0 fully saturated rings.